The number of para-hydroxylation sites is 1. The summed E-state index contributed by atoms with van der Waals surface area (Å²) in [4.78, 5) is 28.3. The molecule has 12 heteroatoms. The molecule has 0 amide bonds. The van der Waals surface area contributed by atoms with Crippen LogP contribution >= 0.6 is 0 Å². The summed E-state index contributed by atoms with van der Waals surface area (Å²) in [7, 11) is 0. The highest BCUT2D eigenvalue weighted by molar-refractivity contribution is 5.45. The first-order valence-electron chi connectivity index (χ1n) is 9.79. The first-order chi connectivity index (χ1) is 15.7. The maximum Gasteiger partial charge on any atom is 0.437 e. The maximum atomic E-state index is 13.5. The molecule has 1 aromatic carbocycles. The Bertz CT molecular complexity index is 1360. The zero-order valence-electron chi connectivity index (χ0n) is 16.8. The first kappa shape index (κ1) is 22.2. The van der Waals surface area contributed by atoms with E-state index in [0.717, 1.165) is 17.4 Å². The normalized spacial score (nSPS) is 14.5. The van der Waals surface area contributed by atoms with E-state index in [2.05, 4.69) is 15.2 Å². The fourth-order valence-electron chi connectivity index (χ4n) is 3.24. The van der Waals surface area contributed by atoms with Crippen LogP contribution in [0, 0.1) is 17.2 Å². The molecule has 2 N–H and O–H groups in total. The van der Waals surface area contributed by atoms with Crippen LogP contribution in [0.5, 0.6) is 11.5 Å². The molecule has 1 atom stereocenters. The molecule has 1 unspecified atom stereocenters. The lowest BCUT2D eigenvalue weighted by atomic mass is 10.1. The molecule has 3 aromatic rings. The van der Waals surface area contributed by atoms with E-state index >= 15 is 0 Å². The number of H-pyrrole nitrogens is 1. The van der Waals surface area contributed by atoms with Gasteiger partial charge < -0.3 is 9.84 Å². The third-order valence-electron chi connectivity index (χ3n) is 5.09. The molecule has 1 saturated carbocycles. The fraction of sp³-hybridized carbons (Fsp3) is 0.286. The van der Waals surface area contributed by atoms with E-state index in [0.29, 0.717) is 6.33 Å². The summed E-state index contributed by atoms with van der Waals surface area (Å²) in [5, 5.41) is 25.5. The monoisotopic (exact) mass is 459 g/mol. The average molecular weight is 459 g/mol. The largest absolute Gasteiger partial charge is 0.448 e. The van der Waals surface area contributed by atoms with Gasteiger partial charge in [-0.3, -0.25) is 14.2 Å². The van der Waals surface area contributed by atoms with Crippen LogP contribution < -0.4 is 15.9 Å². The number of aliphatic hydroxyl groups is 1. The second-order valence-electron chi connectivity index (χ2n) is 7.49. The summed E-state index contributed by atoms with van der Waals surface area (Å²) in [5.74, 6) is -1.38. The van der Waals surface area contributed by atoms with E-state index < -0.39 is 34.8 Å². The quantitative estimate of drug-likeness (QED) is 0.578. The molecule has 0 radical (unpaired) electrons. The van der Waals surface area contributed by atoms with Crippen LogP contribution in [0.2, 0.25) is 0 Å². The highest BCUT2D eigenvalue weighted by atomic mass is 19.4. The molecule has 2 aromatic heterocycles. The molecule has 0 aliphatic heterocycles. The van der Waals surface area contributed by atoms with Crippen molar-refractivity contribution in [3.8, 4) is 17.6 Å². The lowest BCUT2D eigenvalue weighted by Gasteiger charge is -2.15. The zero-order valence-corrected chi connectivity index (χ0v) is 16.8. The van der Waals surface area contributed by atoms with Crippen molar-refractivity contribution in [1.29, 1.82) is 5.26 Å². The minimum atomic E-state index is -4.99. The predicted molar refractivity (Wildman–Crippen MR) is 106 cm³/mol. The summed E-state index contributed by atoms with van der Waals surface area (Å²) in [6, 6.07) is 8.60. The van der Waals surface area contributed by atoms with Crippen molar-refractivity contribution in [3.63, 3.8) is 0 Å². The molecule has 170 valence electrons. The number of rotatable bonds is 6. The van der Waals surface area contributed by atoms with E-state index in [4.69, 9.17) is 4.74 Å². The van der Waals surface area contributed by atoms with Gasteiger partial charge in [0.05, 0.1) is 30.2 Å². The molecule has 1 aliphatic rings. The Morgan fingerprint density at radius 2 is 2.03 bits per heavy atom. The van der Waals surface area contributed by atoms with Gasteiger partial charge in [-0.05, 0) is 37.0 Å². The Balaban J connectivity index is 1.74. The molecule has 4 rings (SSSR count). The van der Waals surface area contributed by atoms with E-state index in [9.17, 15) is 33.1 Å². The predicted octanol–water partition coefficient (Wildman–Crippen LogP) is 2.50. The third kappa shape index (κ3) is 4.63. The molecule has 9 nitrogen and oxygen atoms in total. The van der Waals surface area contributed by atoms with Crippen molar-refractivity contribution in [2.45, 2.75) is 31.7 Å². The van der Waals surface area contributed by atoms with Gasteiger partial charge >= 0.3 is 6.18 Å². The van der Waals surface area contributed by atoms with Crippen molar-refractivity contribution >= 4 is 0 Å². The number of aromatic nitrogens is 4. The van der Waals surface area contributed by atoms with Crippen LogP contribution in [0.1, 0.15) is 41.5 Å². The highest BCUT2D eigenvalue weighted by Crippen LogP contribution is 2.40. The lowest BCUT2D eigenvalue weighted by Crippen LogP contribution is -2.28. The van der Waals surface area contributed by atoms with Crippen molar-refractivity contribution in [2.24, 2.45) is 5.92 Å². The summed E-state index contributed by atoms with van der Waals surface area (Å²) < 4.78 is 46.6. The summed E-state index contributed by atoms with van der Waals surface area (Å²) in [5.41, 5.74) is -3.18. The number of hydrogen-bond acceptors (Lipinski definition) is 7. The van der Waals surface area contributed by atoms with Crippen molar-refractivity contribution in [3.05, 3.63) is 79.9 Å². The van der Waals surface area contributed by atoms with Crippen molar-refractivity contribution in [2.75, 3.05) is 0 Å². The van der Waals surface area contributed by atoms with Gasteiger partial charge in [-0.1, -0.05) is 12.1 Å². The molecule has 2 heterocycles. The van der Waals surface area contributed by atoms with Gasteiger partial charge in [0.2, 0.25) is 5.75 Å². The Morgan fingerprint density at radius 1 is 1.30 bits per heavy atom. The number of benzene rings is 1. The second-order valence-corrected chi connectivity index (χ2v) is 7.49. The van der Waals surface area contributed by atoms with E-state index in [1.54, 1.807) is 6.07 Å². The number of halogens is 3. The smallest absolute Gasteiger partial charge is 0.437 e. The van der Waals surface area contributed by atoms with E-state index in [-0.39, 0.29) is 35.0 Å². The van der Waals surface area contributed by atoms with Gasteiger partial charge in [-0.2, -0.15) is 23.5 Å². The zero-order chi connectivity index (χ0) is 23.8. The number of nitriles is 1. The summed E-state index contributed by atoms with van der Waals surface area (Å²) >= 11 is 0. The first-order valence-corrected chi connectivity index (χ1v) is 9.79. The molecular weight excluding hydrogens is 443 g/mol. The molecule has 0 saturated heterocycles. The Morgan fingerprint density at radius 3 is 2.70 bits per heavy atom. The maximum absolute atomic E-state index is 13.5. The van der Waals surface area contributed by atoms with Crippen LogP contribution in [0.3, 0.4) is 0 Å². The van der Waals surface area contributed by atoms with E-state index in [1.807, 2.05) is 0 Å². The van der Waals surface area contributed by atoms with Crippen LogP contribution in [-0.4, -0.2) is 24.9 Å². The second kappa shape index (κ2) is 8.51. The topological polar surface area (TPSA) is 134 Å². The van der Waals surface area contributed by atoms with Gasteiger partial charge in [0.25, 0.3) is 11.1 Å². The van der Waals surface area contributed by atoms with Crippen molar-refractivity contribution < 1.29 is 23.0 Å². The van der Waals surface area contributed by atoms with Crippen LogP contribution in [0.4, 0.5) is 13.2 Å². The summed E-state index contributed by atoms with van der Waals surface area (Å²) in [6.07, 6.45) is -3.76. The minimum Gasteiger partial charge on any atom is -0.448 e. The van der Waals surface area contributed by atoms with Crippen LogP contribution in [0.15, 0.2) is 46.2 Å². The average Bonchev–Trinajstić information content (AvgIpc) is 3.62. The molecule has 0 bridgehead atoms. The Labute approximate surface area is 183 Å². The number of aromatic amines is 1. The number of ether oxygens (including phenoxy) is 1. The third-order valence-corrected chi connectivity index (χ3v) is 5.09. The molecular formula is C21H16F3N5O4. The Hall–Kier alpha value is -3.98. The van der Waals surface area contributed by atoms with Gasteiger partial charge in [0.1, 0.15) is 11.8 Å². The molecule has 1 fully saturated rings. The van der Waals surface area contributed by atoms with Gasteiger partial charge in [-0.25, -0.2) is 10.1 Å². The van der Waals surface area contributed by atoms with E-state index in [1.165, 1.54) is 30.3 Å². The molecule has 1 aliphatic carbocycles. The number of nitrogens with one attached hydrogen (secondary N) is 1. The number of hydrogen-bond donors (Lipinski definition) is 2. The van der Waals surface area contributed by atoms with Gasteiger partial charge in [0.15, 0.2) is 5.69 Å². The summed E-state index contributed by atoms with van der Waals surface area (Å²) in [6.45, 7) is -0.346. The van der Waals surface area contributed by atoms with Gasteiger partial charge in [-0.15, -0.1) is 0 Å². The van der Waals surface area contributed by atoms with Gasteiger partial charge in [0, 0.05) is 5.56 Å². The number of aliphatic hydroxyl groups excluding tert-OH is 1. The Kier molecular flexibility index (Phi) is 5.73. The fourth-order valence-corrected chi connectivity index (χ4v) is 3.24. The van der Waals surface area contributed by atoms with Crippen LogP contribution in [0.25, 0.3) is 0 Å². The number of alkyl halides is 3. The molecule has 0 spiro atoms. The highest BCUT2D eigenvalue weighted by Gasteiger charge is 2.39. The molecule has 33 heavy (non-hydrogen) atoms. The number of nitrogens with zero attached hydrogens (tertiary/aromatic N) is 4. The standard InChI is InChI=1S/C21H16F3N5O4/c22-21(23,24)18-17(33-15-4-2-1-3-12(15)8-25)20(32)29(10-26-18)9-13-7-14(19(31)28-27-13)16(30)11-5-6-11/h1-4,7,10-11,16,30H,5-6,9H2,(H,28,31). The minimum absolute atomic E-state index is 0.0444. The van der Waals surface area contributed by atoms with Crippen molar-refractivity contribution in [1.82, 2.24) is 19.7 Å². The SMILES string of the molecule is N#Cc1ccccc1Oc1c(C(F)(F)F)ncn(Cc2cc(C(O)C3CC3)c(=O)[nH]n2)c1=O. The lowest BCUT2D eigenvalue weighted by molar-refractivity contribution is -0.142. The van der Waals surface area contributed by atoms with Crippen LogP contribution in [-0.2, 0) is 12.7 Å².